The van der Waals surface area contributed by atoms with Gasteiger partial charge in [-0.1, -0.05) is 108 Å². The fourth-order valence-corrected chi connectivity index (χ4v) is 10.2. The summed E-state index contributed by atoms with van der Waals surface area (Å²) in [6.45, 7) is 8.30. The van der Waals surface area contributed by atoms with Gasteiger partial charge in [0.05, 0.1) is 49.4 Å². The second-order valence-corrected chi connectivity index (χ2v) is 17.2. The van der Waals surface area contributed by atoms with Gasteiger partial charge in [-0.05, 0) is 73.5 Å². The molecule has 2 aliphatic rings. The molecule has 58 heavy (non-hydrogen) atoms. The predicted molar refractivity (Wildman–Crippen MR) is 240 cm³/mol. The van der Waals surface area contributed by atoms with Crippen LogP contribution in [0.5, 0.6) is 0 Å². The van der Waals surface area contributed by atoms with E-state index in [2.05, 4.69) is 169 Å². The number of aryl methyl sites for hydroxylation is 2. The fraction of sp³-hybridized carbons (Fsp3) is 0.200. The highest BCUT2D eigenvalue weighted by Crippen LogP contribution is 2.55. The Morgan fingerprint density at radius 1 is 0.466 bits per heavy atom. The molecule has 6 nitrogen and oxygen atoms in total. The van der Waals surface area contributed by atoms with Crippen LogP contribution in [-0.2, 0) is 32.2 Å². The zero-order valence-corrected chi connectivity index (χ0v) is 34.2. The van der Waals surface area contributed by atoms with Gasteiger partial charge in [0.25, 0.3) is 0 Å². The Morgan fingerprint density at radius 3 is 1.14 bits per heavy atom. The van der Waals surface area contributed by atoms with E-state index in [1.165, 1.54) is 52.4 Å². The number of anilines is 6. The van der Waals surface area contributed by atoms with Crippen molar-refractivity contribution in [1.82, 2.24) is 0 Å². The van der Waals surface area contributed by atoms with E-state index in [0.29, 0.717) is 26.4 Å². The maximum absolute atomic E-state index is 5.93. The molecule has 2 aliphatic heterocycles. The smallest absolute Gasteiger partial charge is 0.109 e. The number of hydrogen-bond acceptors (Lipinski definition) is 8. The topological polar surface area (TPSA) is 50.0 Å². The average molecular weight is 801 g/mol. The lowest BCUT2D eigenvalue weighted by atomic mass is 10.1. The van der Waals surface area contributed by atoms with Gasteiger partial charge in [-0.3, -0.25) is 0 Å². The lowest BCUT2D eigenvalue weighted by Crippen LogP contribution is -2.09. The van der Waals surface area contributed by atoms with Crippen molar-refractivity contribution in [2.24, 2.45) is 0 Å². The van der Waals surface area contributed by atoms with Gasteiger partial charge < -0.3 is 28.7 Å². The molecular formula is C50H44N2O4S2. The molecule has 4 heterocycles. The molecule has 2 fully saturated rings. The Labute approximate surface area is 347 Å². The normalized spacial score (nSPS) is 15.9. The van der Waals surface area contributed by atoms with Crippen LogP contribution in [0.2, 0.25) is 0 Å². The molecule has 2 saturated heterocycles. The van der Waals surface area contributed by atoms with Crippen molar-refractivity contribution in [2.75, 3.05) is 36.2 Å². The van der Waals surface area contributed by atoms with Crippen LogP contribution in [0.3, 0.4) is 0 Å². The quantitative estimate of drug-likeness (QED) is 0.0963. The van der Waals surface area contributed by atoms with Crippen LogP contribution in [0.4, 0.5) is 32.8 Å². The number of benzene rings is 6. The Balaban J connectivity index is 1.08. The van der Waals surface area contributed by atoms with Gasteiger partial charge in [0.15, 0.2) is 0 Å². The summed E-state index contributed by atoms with van der Waals surface area (Å²) in [5, 5.41) is 7.30. The van der Waals surface area contributed by atoms with Gasteiger partial charge in [-0.25, -0.2) is 0 Å². The monoisotopic (exact) mass is 800 g/mol. The number of epoxide rings is 2. The third-order valence-electron chi connectivity index (χ3n) is 10.7. The SMILES string of the molecule is Cc1ccc(N(c2ccc(COCC3CO3)cc2)c2sc(-c3sc(N(c4ccc(C)cc4)c4ccc(COCC5CO5)cc4)c4ccccc34)c3ccccc23)cc1. The largest absolute Gasteiger partial charge is 0.374 e. The molecule has 8 heteroatoms. The van der Waals surface area contributed by atoms with Gasteiger partial charge in [-0.15, -0.1) is 22.7 Å². The molecule has 0 saturated carbocycles. The summed E-state index contributed by atoms with van der Waals surface area (Å²) in [6.07, 6.45) is 0.508. The van der Waals surface area contributed by atoms with Crippen LogP contribution in [-0.4, -0.2) is 38.6 Å². The van der Waals surface area contributed by atoms with Gasteiger partial charge >= 0.3 is 0 Å². The molecule has 2 unspecified atom stereocenters. The van der Waals surface area contributed by atoms with Crippen LogP contribution in [0.15, 0.2) is 146 Å². The van der Waals surface area contributed by atoms with E-state index >= 15 is 0 Å². The summed E-state index contributed by atoms with van der Waals surface area (Å²) in [5.74, 6) is 0. The summed E-state index contributed by atoms with van der Waals surface area (Å²) in [7, 11) is 0. The molecule has 10 rings (SSSR count). The van der Waals surface area contributed by atoms with Crippen molar-refractivity contribution in [3.63, 3.8) is 0 Å². The molecule has 2 atom stereocenters. The molecule has 0 bridgehead atoms. The zero-order chi connectivity index (χ0) is 39.0. The summed E-state index contributed by atoms with van der Waals surface area (Å²) < 4.78 is 22.5. The minimum absolute atomic E-state index is 0.254. The number of nitrogens with zero attached hydrogens (tertiary/aromatic N) is 2. The van der Waals surface area contributed by atoms with E-state index in [1.807, 2.05) is 22.7 Å². The van der Waals surface area contributed by atoms with Crippen molar-refractivity contribution in [3.05, 3.63) is 168 Å². The Kier molecular flexibility index (Phi) is 10.3. The van der Waals surface area contributed by atoms with Crippen LogP contribution in [0.1, 0.15) is 22.3 Å². The molecule has 6 aromatic carbocycles. The van der Waals surface area contributed by atoms with Crippen molar-refractivity contribution in [1.29, 1.82) is 0 Å². The van der Waals surface area contributed by atoms with Crippen molar-refractivity contribution in [2.45, 2.75) is 39.3 Å². The van der Waals surface area contributed by atoms with Crippen LogP contribution in [0.25, 0.3) is 31.3 Å². The lowest BCUT2D eigenvalue weighted by molar-refractivity contribution is 0.104. The first-order valence-electron chi connectivity index (χ1n) is 19.9. The van der Waals surface area contributed by atoms with Gasteiger partial charge in [-0.2, -0.15) is 0 Å². The number of hydrogen-bond donors (Lipinski definition) is 0. The number of rotatable bonds is 15. The molecule has 290 valence electrons. The van der Waals surface area contributed by atoms with Crippen molar-refractivity contribution < 1.29 is 18.9 Å². The second-order valence-electron chi connectivity index (χ2n) is 15.2. The first kappa shape index (κ1) is 37.0. The second kappa shape index (κ2) is 16.1. The lowest BCUT2D eigenvalue weighted by Gasteiger charge is -2.25. The van der Waals surface area contributed by atoms with Gasteiger partial charge in [0, 0.05) is 44.3 Å². The van der Waals surface area contributed by atoms with E-state index in [4.69, 9.17) is 18.9 Å². The highest BCUT2D eigenvalue weighted by molar-refractivity contribution is 7.28. The Hall–Kier alpha value is -5.32. The summed E-state index contributed by atoms with van der Waals surface area (Å²) >= 11 is 3.72. The van der Waals surface area contributed by atoms with Crippen molar-refractivity contribution >= 4 is 77.0 Å². The summed E-state index contributed by atoms with van der Waals surface area (Å²) in [6, 6.07) is 53.1. The van der Waals surface area contributed by atoms with E-state index in [-0.39, 0.29) is 12.2 Å². The third kappa shape index (κ3) is 7.79. The van der Waals surface area contributed by atoms with Gasteiger partial charge in [0.1, 0.15) is 22.2 Å². The highest BCUT2D eigenvalue weighted by Gasteiger charge is 2.27. The molecular weight excluding hydrogens is 757 g/mol. The summed E-state index contributed by atoms with van der Waals surface area (Å²) in [4.78, 5) is 7.35. The van der Waals surface area contributed by atoms with Crippen LogP contribution >= 0.6 is 22.7 Å². The van der Waals surface area contributed by atoms with Crippen LogP contribution in [0, 0.1) is 13.8 Å². The first-order valence-corrected chi connectivity index (χ1v) is 21.5. The molecule has 0 amide bonds. The van der Waals surface area contributed by atoms with Gasteiger partial charge in [0.2, 0.25) is 0 Å². The minimum Gasteiger partial charge on any atom is -0.374 e. The van der Waals surface area contributed by atoms with E-state index in [1.54, 1.807) is 0 Å². The van der Waals surface area contributed by atoms with E-state index in [9.17, 15) is 0 Å². The Bertz CT molecular complexity index is 2470. The maximum Gasteiger partial charge on any atom is 0.109 e. The number of thiophene rings is 2. The zero-order valence-electron chi connectivity index (χ0n) is 32.6. The third-order valence-corrected chi connectivity index (χ3v) is 13.3. The summed E-state index contributed by atoms with van der Waals surface area (Å²) in [5.41, 5.74) is 9.21. The molecule has 8 aromatic rings. The van der Waals surface area contributed by atoms with E-state index in [0.717, 1.165) is 47.1 Å². The molecule has 0 spiro atoms. The molecule has 0 aliphatic carbocycles. The first-order chi connectivity index (χ1) is 28.6. The number of fused-ring (bicyclic) bond motifs is 2. The van der Waals surface area contributed by atoms with Crippen LogP contribution < -0.4 is 9.80 Å². The van der Waals surface area contributed by atoms with Crippen molar-refractivity contribution in [3.8, 4) is 9.75 Å². The molecule has 0 N–H and O–H groups in total. The predicted octanol–water partition coefficient (Wildman–Crippen LogP) is 13.2. The standard InChI is InChI=1S/C50H44N2O4S2/c1-33-11-19-37(20-12-33)51(39-23-15-35(16-24-39)27-53-29-41-31-55-41)49-45-9-5-3-7-43(45)47(57-49)48-44-8-4-6-10-46(44)50(58-48)52(38-21-13-34(2)14-22-38)40-25-17-36(18-26-40)28-54-30-42-32-56-42/h3-26,41-42H,27-32H2,1-2H3. The Morgan fingerprint density at radius 2 is 0.793 bits per heavy atom. The molecule has 0 radical (unpaired) electrons. The average Bonchev–Trinajstić information content (AvgIpc) is 4.20. The maximum atomic E-state index is 5.93. The molecule has 2 aromatic heterocycles. The fourth-order valence-electron chi connectivity index (χ4n) is 7.40. The highest BCUT2D eigenvalue weighted by atomic mass is 32.1. The minimum atomic E-state index is 0.254. The van der Waals surface area contributed by atoms with E-state index < -0.39 is 0 Å². The number of ether oxygens (including phenoxy) is 4.